The maximum absolute atomic E-state index is 13.0. The van der Waals surface area contributed by atoms with Gasteiger partial charge in [0.05, 0.1) is 54.8 Å². The molecule has 2 N–H and O–H groups in total. The molecular formula is C21H24N4O6S2. The first-order valence-corrected chi connectivity index (χ1v) is 12.6. The second-order valence-electron chi connectivity index (χ2n) is 7.14. The van der Waals surface area contributed by atoms with Gasteiger partial charge in [0.1, 0.15) is 11.5 Å². The third kappa shape index (κ3) is 5.24. The lowest BCUT2D eigenvalue weighted by Crippen LogP contribution is -2.40. The topological polar surface area (TPSA) is 123 Å². The van der Waals surface area contributed by atoms with Crippen LogP contribution < -0.4 is 14.8 Å². The third-order valence-corrected chi connectivity index (χ3v) is 7.83. The van der Waals surface area contributed by atoms with Gasteiger partial charge < -0.3 is 24.5 Å². The number of aromatic amines is 1. The highest BCUT2D eigenvalue weighted by atomic mass is 32.2. The predicted octanol–water partition coefficient (Wildman–Crippen LogP) is 2.33. The molecule has 0 saturated carbocycles. The lowest BCUT2D eigenvalue weighted by molar-refractivity contribution is -0.113. The van der Waals surface area contributed by atoms with E-state index in [0.717, 1.165) is 11.0 Å². The van der Waals surface area contributed by atoms with Gasteiger partial charge >= 0.3 is 0 Å². The third-order valence-electron chi connectivity index (χ3n) is 5.06. The number of methoxy groups -OCH3 is 2. The van der Waals surface area contributed by atoms with E-state index in [0.29, 0.717) is 29.9 Å². The van der Waals surface area contributed by atoms with Gasteiger partial charge in [-0.2, -0.15) is 4.31 Å². The van der Waals surface area contributed by atoms with Crippen LogP contribution in [0, 0.1) is 0 Å². The highest BCUT2D eigenvalue weighted by Gasteiger charge is 2.27. The number of thioether (sulfide) groups is 1. The SMILES string of the molecule is COc1ccc2nc(SCC(=O)Nc3cc(S(=O)(=O)N4CCOCC4)ccc3OC)[nH]c2c1. The molecule has 0 aliphatic carbocycles. The molecule has 10 nitrogen and oxygen atoms in total. The molecule has 4 rings (SSSR count). The first-order chi connectivity index (χ1) is 15.9. The monoisotopic (exact) mass is 492 g/mol. The van der Waals surface area contributed by atoms with Crippen molar-refractivity contribution < 1.29 is 27.4 Å². The summed E-state index contributed by atoms with van der Waals surface area (Å²) in [6.45, 7) is 1.28. The average Bonchev–Trinajstić information content (AvgIpc) is 3.25. The van der Waals surface area contributed by atoms with E-state index in [1.807, 2.05) is 18.2 Å². The summed E-state index contributed by atoms with van der Waals surface area (Å²) in [5.74, 6) is 0.822. The number of nitrogens with zero attached hydrogens (tertiary/aromatic N) is 2. The van der Waals surface area contributed by atoms with Crippen molar-refractivity contribution in [2.75, 3.05) is 51.6 Å². The smallest absolute Gasteiger partial charge is 0.243 e. The first kappa shape index (κ1) is 23.4. The standard InChI is InChI=1S/C21H24N4O6S2/c1-29-14-3-5-16-17(11-14)24-21(23-16)32-13-20(26)22-18-12-15(4-6-19(18)30-2)33(27,28)25-7-9-31-10-8-25/h3-6,11-12H,7-10,13H2,1-2H3,(H,22,26)(H,23,24). The van der Waals surface area contributed by atoms with Gasteiger partial charge in [0.15, 0.2) is 5.16 Å². The Bertz CT molecular complexity index is 1250. The normalized spacial score (nSPS) is 14.8. The molecule has 0 radical (unpaired) electrons. The Labute approximate surface area is 195 Å². The first-order valence-electron chi connectivity index (χ1n) is 10.1. The second kappa shape index (κ2) is 10.00. The van der Waals surface area contributed by atoms with Crippen molar-refractivity contribution in [1.29, 1.82) is 0 Å². The van der Waals surface area contributed by atoms with E-state index in [1.54, 1.807) is 7.11 Å². The molecule has 1 aromatic heterocycles. The fourth-order valence-electron chi connectivity index (χ4n) is 3.36. The number of imidazole rings is 1. The van der Waals surface area contributed by atoms with Crippen LogP contribution in [0.5, 0.6) is 11.5 Å². The van der Waals surface area contributed by atoms with Crippen molar-refractivity contribution in [3.63, 3.8) is 0 Å². The molecule has 2 aromatic carbocycles. The minimum Gasteiger partial charge on any atom is -0.497 e. The van der Waals surface area contributed by atoms with Gasteiger partial charge in [-0.15, -0.1) is 0 Å². The van der Waals surface area contributed by atoms with Crippen LogP contribution in [0.3, 0.4) is 0 Å². The molecule has 3 aromatic rings. The van der Waals surface area contributed by atoms with E-state index < -0.39 is 10.0 Å². The molecule has 1 fully saturated rings. The molecule has 0 atom stereocenters. The van der Waals surface area contributed by atoms with Crippen LogP contribution in [0.1, 0.15) is 0 Å². The predicted molar refractivity (Wildman–Crippen MR) is 125 cm³/mol. The number of H-pyrrole nitrogens is 1. The Balaban J connectivity index is 1.46. The summed E-state index contributed by atoms with van der Waals surface area (Å²) in [6, 6.07) is 9.89. The molecule has 1 aliphatic rings. The Hall–Kier alpha value is -2.80. The number of hydrogen-bond acceptors (Lipinski definition) is 8. The number of hydrogen-bond donors (Lipinski definition) is 2. The summed E-state index contributed by atoms with van der Waals surface area (Å²) >= 11 is 1.23. The fraction of sp³-hybridized carbons (Fsp3) is 0.333. The number of aromatic nitrogens is 2. The molecule has 2 heterocycles. The van der Waals surface area contributed by atoms with E-state index in [-0.39, 0.29) is 35.3 Å². The zero-order valence-electron chi connectivity index (χ0n) is 18.2. The Morgan fingerprint density at radius 1 is 1.18 bits per heavy atom. The highest BCUT2D eigenvalue weighted by molar-refractivity contribution is 7.99. The number of ether oxygens (including phenoxy) is 3. The maximum atomic E-state index is 13.0. The molecule has 0 bridgehead atoms. The van der Waals surface area contributed by atoms with Gasteiger partial charge in [-0.25, -0.2) is 13.4 Å². The lowest BCUT2D eigenvalue weighted by Gasteiger charge is -2.26. The van der Waals surface area contributed by atoms with E-state index in [4.69, 9.17) is 14.2 Å². The fourth-order valence-corrected chi connectivity index (χ4v) is 5.48. The number of nitrogens with one attached hydrogen (secondary N) is 2. The van der Waals surface area contributed by atoms with Gasteiger partial charge in [-0.3, -0.25) is 4.79 Å². The number of sulfonamides is 1. The van der Waals surface area contributed by atoms with Crippen molar-refractivity contribution >= 4 is 44.4 Å². The summed E-state index contributed by atoms with van der Waals surface area (Å²) in [7, 11) is -0.658. The molecule has 1 amide bonds. The maximum Gasteiger partial charge on any atom is 0.243 e. The number of amides is 1. The average molecular weight is 493 g/mol. The van der Waals surface area contributed by atoms with Crippen LogP contribution in [-0.4, -0.2) is 74.9 Å². The number of anilines is 1. The van der Waals surface area contributed by atoms with Gasteiger partial charge in [0.25, 0.3) is 0 Å². The Kier molecular flexibility index (Phi) is 7.08. The number of carbonyl (C=O) groups is 1. The summed E-state index contributed by atoms with van der Waals surface area (Å²) in [5, 5.41) is 3.33. The quantitative estimate of drug-likeness (QED) is 0.460. The minimum atomic E-state index is -3.71. The summed E-state index contributed by atoms with van der Waals surface area (Å²) in [4.78, 5) is 20.3. The number of fused-ring (bicyclic) bond motifs is 1. The molecule has 0 unspecified atom stereocenters. The van der Waals surface area contributed by atoms with Crippen LogP contribution in [0.15, 0.2) is 46.5 Å². The zero-order valence-corrected chi connectivity index (χ0v) is 19.8. The Morgan fingerprint density at radius 2 is 1.97 bits per heavy atom. The van der Waals surface area contributed by atoms with Gasteiger partial charge in [-0.1, -0.05) is 11.8 Å². The molecule has 176 valence electrons. The zero-order chi connectivity index (χ0) is 23.4. The van der Waals surface area contributed by atoms with Crippen LogP contribution in [0.4, 0.5) is 5.69 Å². The number of rotatable bonds is 8. The van der Waals surface area contributed by atoms with E-state index in [1.165, 1.54) is 41.4 Å². The number of benzene rings is 2. The Morgan fingerprint density at radius 3 is 2.70 bits per heavy atom. The van der Waals surface area contributed by atoms with Crippen LogP contribution in [0.25, 0.3) is 11.0 Å². The van der Waals surface area contributed by atoms with Crippen molar-refractivity contribution in [3.05, 3.63) is 36.4 Å². The summed E-state index contributed by atoms with van der Waals surface area (Å²) in [5.41, 5.74) is 1.85. The molecule has 0 spiro atoms. The lowest BCUT2D eigenvalue weighted by atomic mass is 10.3. The van der Waals surface area contributed by atoms with Crippen molar-refractivity contribution in [2.45, 2.75) is 10.1 Å². The number of carbonyl (C=O) groups excluding carboxylic acids is 1. The second-order valence-corrected chi connectivity index (χ2v) is 10.0. The van der Waals surface area contributed by atoms with Crippen LogP contribution >= 0.6 is 11.8 Å². The van der Waals surface area contributed by atoms with Gasteiger partial charge in [-0.05, 0) is 30.3 Å². The molecule has 12 heteroatoms. The summed E-state index contributed by atoms with van der Waals surface area (Å²) in [6.07, 6.45) is 0. The van der Waals surface area contributed by atoms with Crippen molar-refractivity contribution in [1.82, 2.24) is 14.3 Å². The van der Waals surface area contributed by atoms with Crippen LogP contribution in [-0.2, 0) is 19.6 Å². The molecule has 1 aliphatic heterocycles. The largest absolute Gasteiger partial charge is 0.497 e. The molecular weight excluding hydrogens is 468 g/mol. The minimum absolute atomic E-state index is 0.0700. The van der Waals surface area contributed by atoms with E-state index >= 15 is 0 Å². The van der Waals surface area contributed by atoms with Crippen molar-refractivity contribution in [2.24, 2.45) is 0 Å². The van der Waals surface area contributed by atoms with Crippen LogP contribution in [0.2, 0.25) is 0 Å². The highest BCUT2D eigenvalue weighted by Crippen LogP contribution is 2.30. The van der Waals surface area contributed by atoms with Crippen molar-refractivity contribution in [3.8, 4) is 11.5 Å². The van der Waals surface area contributed by atoms with E-state index in [2.05, 4.69) is 15.3 Å². The molecule has 33 heavy (non-hydrogen) atoms. The van der Waals surface area contributed by atoms with Gasteiger partial charge in [0.2, 0.25) is 15.9 Å². The van der Waals surface area contributed by atoms with Gasteiger partial charge in [0, 0.05) is 19.2 Å². The summed E-state index contributed by atoms with van der Waals surface area (Å²) < 4.78 is 43.0. The number of morpholine rings is 1. The molecule has 1 saturated heterocycles. The van der Waals surface area contributed by atoms with E-state index in [9.17, 15) is 13.2 Å².